The van der Waals surface area contributed by atoms with Crippen molar-refractivity contribution in [2.24, 2.45) is 0 Å². The SMILES string of the molecule is COC(=O)CCCCn1nncc1-c1ccccc1OC. The molecular weight excluding hydrogens is 270 g/mol. The second-order valence-corrected chi connectivity index (χ2v) is 4.58. The van der Waals surface area contributed by atoms with Crippen molar-refractivity contribution in [2.75, 3.05) is 14.2 Å². The topological polar surface area (TPSA) is 66.2 Å². The molecule has 6 heteroatoms. The number of esters is 1. The van der Waals surface area contributed by atoms with E-state index in [0.29, 0.717) is 13.0 Å². The molecule has 112 valence electrons. The van der Waals surface area contributed by atoms with E-state index in [1.807, 2.05) is 28.9 Å². The maximum absolute atomic E-state index is 11.1. The zero-order valence-corrected chi connectivity index (χ0v) is 12.3. The predicted octanol–water partition coefficient (Wildman–Crippen LogP) is 2.30. The highest BCUT2D eigenvalue weighted by molar-refractivity contribution is 5.69. The quantitative estimate of drug-likeness (QED) is 0.578. The predicted molar refractivity (Wildman–Crippen MR) is 77.9 cm³/mol. The minimum atomic E-state index is -0.182. The van der Waals surface area contributed by atoms with Crippen LogP contribution in [0.1, 0.15) is 19.3 Å². The molecule has 21 heavy (non-hydrogen) atoms. The van der Waals surface area contributed by atoms with E-state index >= 15 is 0 Å². The van der Waals surface area contributed by atoms with Crippen LogP contribution in [0, 0.1) is 0 Å². The largest absolute Gasteiger partial charge is 0.496 e. The number of unbranched alkanes of at least 4 members (excludes halogenated alkanes) is 1. The second-order valence-electron chi connectivity index (χ2n) is 4.58. The molecule has 2 rings (SSSR count). The number of ether oxygens (including phenoxy) is 2. The lowest BCUT2D eigenvalue weighted by Gasteiger charge is -2.09. The van der Waals surface area contributed by atoms with Crippen LogP contribution in [0.5, 0.6) is 5.75 Å². The minimum absolute atomic E-state index is 0.182. The van der Waals surface area contributed by atoms with E-state index in [1.54, 1.807) is 13.3 Å². The van der Waals surface area contributed by atoms with Gasteiger partial charge in [0.15, 0.2) is 0 Å². The summed E-state index contributed by atoms with van der Waals surface area (Å²) >= 11 is 0. The molecule has 0 amide bonds. The first-order valence-corrected chi connectivity index (χ1v) is 6.85. The van der Waals surface area contributed by atoms with Gasteiger partial charge in [-0.3, -0.25) is 4.79 Å². The normalized spacial score (nSPS) is 10.4. The number of nitrogens with zero attached hydrogens (tertiary/aromatic N) is 3. The van der Waals surface area contributed by atoms with Gasteiger partial charge in [-0.25, -0.2) is 4.68 Å². The number of aromatic nitrogens is 3. The van der Waals surface area contributed by atoms with E-state index in [1.165, 1.54) is 7.11 Å². The second kappa shape index (κ2) is 7.42. The Morgan fingerprint density at radius 2 is 2.05 bits per heavy atom. The van der Waals surface area contributed by atoms with Gasteiger partial charge >= 0.3 is 5.97 Å². The van der Waals surface area contributed by atoms with E-state index in [-0.39, 0.29) is 5.97 Å². The summed E-state index contributed by atoms with van der Waals surface area (Å²) in [5.74, 6) is 0.606. The maximum atomic E-state index is 11.1. The highest BCUT2D eigenvalue weighted by Crippen LogP contribution is 2.28. The van der Waals surface area contributed by atoms with Gasteiger partial charge in [-0.15, -0.1) is 5.10 Å². The highest BCUT2D eigenvalue weighted by Gasteiger charge is 2.11. The number of hydrogen-bond acceptors (Lipinski definition) is 5. The third-order valence-electron chi connectivity index (χ3n) is 3.23. The first-order valence-electron chi connectivity index (χ1n) is 6.85. The molecule has 0 aliphatic carbocycles. The Labute approximate surface area is 123 Å². The lowest BCUT2D eigenvalue weighted by Crippen LogP contribution is -2.05. The van der Waals surface area contributed by atoms with Gasteiger partial charge in [0.25, 0.3) is 0 Å². The Hall–Kier alpha value is -2.37. The molecule has 0 saturated heterocycles. The summed E-state index contributed by atoms with van der Waals surface area (Å²) in [6, 6.07) is 7.76. The van der Waals surface area contributed by atoms with Crippen LogP contribution in [0.25, 0.3) is 11.3 Å². The third kappa shape index (κ3) is 3.81. The number of rotatable bonds is 7. The number of aryl methyl sites for hydroxylation is 1. The summed E-state index contributed by atoms with van der Waals surface area (Å²) in [5.41, 5.74) is 1.86. The monoisotopic (exact) mass is 289 g/mol. The molecule has 0 atom stereocenters. The Morgan fingerprint density at radius 1 is 1.24 bits per heavy atom. The van der Waals surface area contributed by atoms with Gasteiger partial charge in [-0.2, -0.15) is 0 Å². The number of benzene rings is 1. The molecule has 0 radical (unpaired) electrons. The van der Waals surface area contributed by atoms with Gasteiger partial charge in [-0.1, -0.05) is 17.3 Å². The molecule has 0 spiro atoms. The average Bonchev–Trinajstić information content (AvgIpc) is 2.99. The van der Waals surface area contributed by atoms with Crippen LogP contribution in [0.15, 0.2) is 30.5 Å². The number of methoxy groups -OCH3 is 2. The summed E-state index contributed by atoms with van der Waals surface area (Å²) < 4.78 is 11.8. The molecule has 0 N–H and O–H groups in total. The van der Waals surface area contributed by atoms with E-state index in [9.17, 15) is 4.79 Å². The van der Waals surface area contributed by atoms with Crippen LogP contribution in [-0.4, -0.2) is 35.2 Å². The smallest absolute Gasteiger partial charge is 0.305 e. The summed E-state index contributed by atoms with van der Waals surface area (Å²) in [7, 11) is 3.04. The van der Waals surface area contributed by atoms with Crippen LogP contribution in [-0.2, 0) is 16.1 Å². The standard InChI is InChI=1S/C15H19N3O3/c1-20-14-8-4-3-7-12(14)13-11-16-17-18(13)10-6-5-9-15(19)21-2/h3-4,7-8,11H,5-6,9-10H2,1-2H3. The van der Waals surface area contributed by atoms with Gasteiger partial charge in [0, 0.05) is 18.5 Å². The van der Waals surface area contributed by atoms with Crippen molar-refractivity contribution in [3.05, 3.63) is 30.5 Å². The molecule has 1 aromatic carbocycles. The van der Waals surface area contributed by atoms with Crippen molar-refractivity contribution in [1.82, 2.24) is 15.0 Å². The molecule has 0 saturated carbocycles. The Kier molecular flexibility index (Phi) is 5.31. The van der Waals surface area contributed by atoms with Crippen molar-refractivity contribution in [3.63, 3.8) is 0 Å². The van der Waals surface area contributed by atoms with Crippen molar-refractivity contribution < 1.29 is 14.3 Å². The van der Waals surface area contributed by atoms with Crippen LogP contribution in [0.4, 0.5) is 0 Å². The first kappa shape index (κ1) is 15.0. The minimum Gasteiger partial charge on any atom is -0.496 e. The van der Waals surface area contributed by atoms with Crippen LogP contribution < -0.4 is 4.74 Å². The van der Waals surface area contributed by atoms with Crippen molar-refractivity contribution in [3.8, 4) is 17.0 Å². The van der Waals surface area contributed by atoms with E-state index in [2.05, 4.69) is 15.0 Å². The fourth-order valence-electron chi connectivity index (χ4n) is 2.12. The fourth-order valence-corrected chi connectivity index (χ4v) is 2.12. The molecule has 6 nitrogen and oxygen atoms in total. The fraction of sp³-hybridized carbons (Fsp3) is 0.400. The van der Waals surface area contributed by atoms with E-state index in [4.69, 9.17) is 4.74 Å². The van der Waals surface area contributed by atoms with Crippen LogP contribution in [0.3, 0.4) is 0 Å². The number of hydrogen-bond donors (Lipinski definition) is 0. The van der Waals surface area contributed by atoms with Crippen LogP contribution >= 0.6 is 0 Å². The molecular formula is C15H19N3O3. The molecule has 2 aromatic rings. The lowest BCUT2D eigenvalue weighted by molar-refractivity contribution is -0.140. The molecule has 1 heterocycles. The zero-order valence-electron chi connectivity index (χ0n) is 12.3. The molecule has 0 unspecified atom stereocenters. The third-order valence-corrected chi connectivity index (χ3v) is 3.23. The van der Waals surface area contributed by atoms with E-state index in [0.717, 1.165) is 29.8 Å². The maximum Gasteiger partial charge on any atom is 0.305 e. The Balaban J connectivity index is 2.03. The first-order chi connectivity index (χ1) is 10.3. The highest BCUT2D eigenvalue weighted by atomic mass is 16.5. The summed E-state index contributed by atoms with van der Waals surface area (Å²) in [6.45, 7) is 0.699. The van der Waals surface area contributed by atoms with Crippen molar-refractivity contribution >= 4 is 5.97 Å². The molecule has 0 bridgehead atoms. The van der Waals surface area contributed by atoms with Crippen molar-refractivity contribution in [2.45, 2.75) is 25.8 Å². The van der Waals surface area contributed by atoms with E-state index < -0.39 is 0 Å². The molecule has 0 fully saturated rings. The average molecular weight is 289 g/mol. The van der Waals surface area contributed by atoms with Crippen LogP contribution in [0.2, 0.25) is 0 Å². The molecule has 1 aromatic heterocycles. The molecule has 0 aliphatic rings. The van der Waals surface area contributed by atoms with Gasteiger partial charge in [0.1, 0.15) is 5.75 Å². The summed E-state index contributed by atoms with van der Waals surface area (Å²) in [6.07, 6.45) is 3.74. The number of carbonyl (C=O) groups is 1. The zero-order chi connectivity index (χ0) is 15.1. The molecule has 0 aliphatic heterocycles. The lowest BCUT2D eigenvalue weighted by atomic mass is 10.1. The van der Waals surface area contributed by atoms with Gasteiger partial charge in [0.2, 0.25) is 0 Å². The Morgan fingerprint density at radius 3 is 2.81 bits per heavy atom. The number of para-hydroxylation sites is 1. The Bertz CT molecular complexity index is 595. The summed E-state index contributed by atoms with van der Waals surface area (Å²) in [5, 5.41) is 8.07. The van der Waals surface area contributed by atoms with Gasteiger partial charge in [0.05, 0.1) is 26.1 Å². The van der Waals surface area contributed by atoms with Gasteiger partial charge < -0.3 is 9.47 Å². The number of carbonyl (C=O) groups excluding carboxylic acids is 1. The van der Waals surface area contributed by atoms with Crippen molar-refractivity contribution in [1.29, 1.82) is 0 Å². The van der Waals surface area contributed by atoms with Gasteiger partial charge in [-0.05, 0) is 25.0 Å². The summed E-state index contributed by atoms with van der Waals surface area (Å²) in [4.78, 5) is 11.1.